The summed E-state index contributed by atoms with van der Waals surface area (Å²) in [5, 5.41) is 2.03. The predicted molar refractivity (Wildman–Crippen MR) is 105 cm³/mol. The zero-order valence-corrected chi connectivity index (χ0v) is 16.2. The van der Waals surface area contributed by atoms with Crippen molar-refractivity contribution in [3.05, 3.63) is 60.7 Å². The minimum absolute atomic E-state index is 0.228. The maximum atomic E-state index is 14.7. The Morgan fingerprint density at radius 2 is 1.48 bits per heavy atom. The molecule has 0 amide bonds. The molecule has 0 aromatic heterocycles. The van der Waals surface area contributed by atoms with E-state index in [-0.39, 0.29) is 5.66 Å². The molecule has 3 fully saturated rings. The highest BCUT2D eigenvalue weighted by atomic mass is 31.2. The van der Waals surface area contributed by atoms with Crippen molar-refractivity contribution in [2.24, 2.45) is 23.2 Å². The van der Waals surface area contributed by atoms with E-state index in [1.54, 1.807) is 0 Å². The van der Waals surface area contributed by atoms with E-state index in [0.717, 1.165) is 23.6 Å². The maximum Gasteiger partial charge on any atom is 0.146 e. The molecule has 2 bridgehead atoms. The van der Waals surface area contributed by atoms with Gasteiger partial charge in [0.25, 0.3) is 0 Å². The topological polar surface area (TPSA) is 44.7 Å². The number of quaternary nitrogens is 1. The van der Waals surface area contributed by atoms with Crippen LogP contribution in [0.5, 0.6) is 0 Å². The van der Waals surface area contributed by atoms with Crippen LogP contribution in [0, 0.1) is 23.2 Å². The summed E-state index contributed by atoms with van der Waals surface area (Å²) < 4.78 is 14.7. The Balaban J connectivity index is 1.84. The average Bonchev–Trinajstić information content (AvgIpc) is 2.68. The highest BCUT2D eigenvalue weighted by Crippen LogP contribution is 2.68. The smallest absolute Gasteiger partial charge is 0.146 e. The lowest BCUT2D eigenvalue weighted by Gasteiger charge is -2.62. The van der Waals surface area contributed by atoms with Gasteiger partial charge in [-0.15, -0.1) is 0 Å². The number of hydrogen-bond donors (Lipinski definition) is 1. The molecule has 3 N–H and O–H groups in total. The molecule has 3 aliphatic rings. The van der Waals surface area contributed by atoms with Crippen molar-refractivity contribution in [2.75, 3.05) is 6.54 Å². The van der Waals surface area contributed by atoms with E-state index >= 15 is 0 Å². The zero-order valence-electron chi connectivity index (χ0n) is 15.3. The molecule has 0 heterocycles. The average molecular weight is 354 g/mol. The van der Waals surface area contributed by atoms with E-state index in [4.69, 9.17) is 0 Å². The summed E-state index contributed by atoms with van der Waals surface area (Å²) in [7, 11) is -2.68. The number of benzene rings is 2. The quantitative estimate of drug-likeness (QED) is 0.842. The molecule has 4 atom stereocenters. The summed E-state index contributed by atoms with van der Waals surface area (Å²) in [4.78, 5) is 0. The summed E-state index contributed by atoms with van der Waals surface area (Å²) in [6.07, 6.45) is 2.37. The maximum absolute atomic E-state index is 14.7. The second-order valence-corrected chi connectivity index (χ2v) is 11.5. The fourth-order valence-electron chi connectivity index (χ4n) is 5.56. The van der Waals surface area contributed by atoms with Crippen LogP contribution in [0.25, 0.3) is 0 Å². The van der Waals surface area contributed by atoms with Gasteiger partial charge in [0, 0.05) is 22.2 Å². The third kappa shape index (κ3) is 2.46. The molecule has 3 aliphatic carbocycles. The van der Waals surface area contributed by atoms with Gasteiger partial charge in [-0.2, -0.15) is 0 Å². The molecule has 0 unspecified atom stereocenters. The van der Waals surface area contributed by atoms with Crippen LogP contribution < -0.4 is 16.3 Å². The van der Waals surface area contributed by atoms with Crippen molar-refractivity contribution in [2.45, 2.75) is 32.3 Å². The Bertz CT molecular complexity index is 743. The Hall–Kier alpha value is -1.37. The number of rotatable bonds is 4. The second-order valence-electron chi connectivity index (χ2n) is 8.45. The Morgan fingerprint density at radius 3 is 1.92 bits per heavy atom. The first kappa shape index (κ1) is 17.1. The standard InChI is InChI=1S/C22H28NOP/c1-22(2)16-13-20(22)19(15-23)21(14-16)25(24,17-9-5-3-6-10-17)18-11-7-4-8-12-18/h3-12,16,19-21H,13-15,23H2,1-2H3/p+1/t16-,19+,20+,21+/m1/s1. The van der Waals surface area contributed by atoms with Gasteiger partial charge in [0.05, 0.1) is 6.54 Å². The lowest BCUT2D eigenvalue weighted by atomic mass is 9.45. The van der Waals surface area contributed by atoms with Crippen molar-refractivity contribution < 1.29 is 10.3 Å². The van der Waals surface area contributed by atoms with Gasteiger partial charge >= 0.3 is 0 Å². The molecular formula is C22H29NOP+. The molecule has 3 saturated carbocycles. The monoisotopic (exact) mass is 354 g/mol. The van der Waals surface area contributed by atoms with E-state index in [9.17, 15) is 4.57 Å². The fraction of sp³-hybridized carbons (Fsp3) is 0.455. The molecule has 132 valence electrons. The highest BCUT2D eigenvalue weighted by Gasteiger charge is 2.61. The number of hydrogen-bond acceptors (Lipinski definition) is 1. The van der Waals surface area contributed by atoms with Gasteiger partial charge in [-0.3, -0.25) is 0 Å². The van der Waals surface area contributed by atoms with Crippen LogP contribution in [0.2, 0.25) is 0 Å². The number of fused-ring (bicyclic) bond motifs is 2. The van der Waals surface area contributed by atoms with Crippen LogP contribution in [0.3, 0.4) is 0 Å². The van der Waals surface area contributed by atoms with Gasteiger partial charge in [0.15, 0.2) is 0 Å². The van der Waals surface area contributed by atoms with E-state index in [2.05, 4.69) is 43.8 Å². The summed E-state index contributed by atoms with van der Waals surface area (Å²) in [6, 6.07) is 20.4. The normalized spacial score (nSPS) is 30.5. The molecule has 2 nitrogen and oxygen atoms in total. The van der Waals surface area contributed by atoms with Crippen molar-refractivity contribution >= 4 is 17.8 Å². The third-order valence-electron chi connectivity index (χ3n) is 7.16. The Morgan fingerprint density at radius 1 is 0.960 bits per heavy atom. The first-order chi connectivity index (χ1) is 12.0. The van der Waals surface area contributed by atoms with Gasteiger partial charge in [0.1, 0.15) is 7.14 Å². The molecule has 2 aromatic rings. The molecule has 3 heteroatoms. The van der Waals surface area contributed by atoms with Crippen LogP contribution in [0.4, 0.5) is 0 Å². The van der Waals surface area contributed by atoms with Crippen LogP contribution in [-0.4, -0.2) is 12.2 Å². The summed E-state index contributed by atoms with van der Waals surface area (Å²) in [6.45, 7) is 5.69. The van der Waals surface area contributed by atoms with Gasteiger partial charge in [-0.1, -0.05) is 74.5 Å². The molecule has 0 aliphatic heterocycles. The van der Waals surface area contributed by atoms with Gasteiger partial charge < -0.3 is 10.3 Å². The third-order valence-corrected chi connectivity index (χ3v) is 10.8. The van der Waals surface area contributed by atoms with Crippen molar-refractivity contribution in [1.82, 2.24) is 0 Å². The van der Waals surface area contributed by atoms with E-state index in [0.29, 0.717) is 23.2 Å². The van der Waals surface area contributed by atoms with Gasteiger partial charge in [-0.25, -0.2) is 0 Å². The Labute approximate surface area is 151 Å². The van der Waals surface area contributed by atoms with Crippen molar-refractivity contribution in [1.29, 1.82) is 0 Å². The SMILES string of the molecule is CC1(C)[C@@H]2C[C@H]1[C@H](C[NH3+])[C@@H](P(=O)(c1ccccc1)c1ccccc1)C2. The minimum atomic E-state index is -2.68. The highest BCUT2D eigenvalue weighted by molar-refractivity contribution is 7.79. The molecule has 0 radical (unpaired) electrons. The minimum Gasteiger partial charge on any atom is -0.357 e. The largest absolute Gasteiger partial charge is 0.357 e. The first-order valence-electron chi connectivity index (χ1n) is 9.49. The van der Waals surface area contributed by atoms with Crippen molar-refractivity contribution in [3.8, 4) is 0 Å². The molecule has 0 saturated heterocycles. The summed E-state index contributed by atoms with van der Waals surface area (Å²) in [5.74, 6) is 1.81. The van der Waals surface area contributed by atoms with E-state index in [1.807, 2.05) is 36.4 Å². The van der Waals surface area contributed by atoms with E-state index in [1.165, 1.54) is 6.42 Å². The molecule has 2 aromatic carbocycles. The van der Waals surface area contributed by atoms with Crippen LogP contribution in [-0.2, 0) is 4.57 Å². The lowest BCUT2D eigenvalue weighted by Crippen LogP contribution is -2.66. The molecule has 0 spiro atoms. The lowest BCUT2D eigenvalue weighted by molar-refractivity contribution is -0.390. The fourth-order valence-corrected chi connectivity index (χ4v) is 9.30. The second kappa shape index (κ2) is 6.11. The molecular weight excluding hydrogens is 325 g/mol. The van der Waals surface area contributed by atoms with Crippen LogP contribution in [0.1, 0.15) is 26.7 Å². The predicted octanol–water partition coefficient (Wildman–Crippen LogP) is 3.29. The molecule has 25 heavy (non-hydrogen) atoms. The van der Waals surface area contributed by atoms with Gasteiger partial charge in [0.2, 0.25) is 0 Å². The first-order valence-corrected chi connectivity index (χ1v) is 11.3. The molecule has 5 rings (SSSR count). The summed E-state index contributed by atoms with van der Waals surface area (Å²) >= 11 is 0. The Kier molecular flexibility index (Phi) is 4.17. The van der Waals surface area contributed by atoms with Crippen LogP contribution in [0.15, 0.2) is 60.7 Å². The van der Waals surface area contributed by atoms with E-state index < -0.39 is 7.14 Å². The van der Waals surface area contributed by atoms with Crippen LogP contribution >= 0.6 is 7.14 Å². The van der Waals surface area contributed by atoms with Crippen molar-refractivity contribution in [3.63, 3.8) is 0 Å². The summed E-state index contributed by atoms with van der Waals surface area (Å²) in [5.41, 5.74) is 4.89. The van der Waals surface area contributed by atoms with Gasteiger partial charge in [-0.05, 0) is 30.1 Å². The zero-order chi connectivity index (χ0) is 17.7.